The molecular formula is C41H57N3O. The third-order valence-corrected chi connectivity index (χ3v) is 10.5. The second-order valence-corrected chi connectivity index (χ2v) is 13.8. The SMILES string of the molecule is CN(CCCCC1CCN(CCCCC2CCN(C(c3ccccc3)c3ccccc3)CC2)CC1)C(=O)CCc1ccccc1. The normalized spacial score (nSPS) is 17.1. The molecule has 242 valence electrons. The average molecular weight is 608 g/mol. The summed E-state index contributed by atoms with van der Waals surface area (Å²) in [5.41, 5.74) is 4.08. The molecule has 0 N–H and O–H groups in total. The maximum Gasteiger partial charge on any atom is 0.222 e. The summed E-state index contributed by atoms with van der Waals surface area (Å²) in [6, 6.07) is 32.9. The van der Waals surface area contributed by atoms with Crippen molar-refractivity contribution in [2.45, 2.75) is 83.1 Å². The summed E-state index contributed by atoms with van der Waals surface area (Å²) in [6.45, 7) is 7.14. The molecule has 4 heteroatoms. The summed E-state index contributed by atoms with van der Waals surface area (Å²) < 4.78 is 0. The minimum absolute atomic E-state index is 0.275. The van der Waals surface area contributed by atoms with Crippen LogP contribution in [0, 0.1) is 11.8 Å². The number of carbonyl (C=O) groups is 1. The van der Waals surface area contributed by atoms with Crippen molar-refractivity contribution in [1.29, 1.82) is 0 Å². The van der Waals surface area contributed by atoms with E-state index in [9.17, 15) is 4.79 Å². The number of aryl methyl sites for hydroxylation is 1. The Morgan fingerprint density at radius 2 is 1.20 bits per heavy atom. The van der Waals surface area contributed by atoms with Crippen LogP contribution in [-0.2, 0) is 11.2 Å². The van der Waals surface area contributed by atoms with E-state index in [1.165, 1.54) is 107 Å². The Kier molecular flexibility index (Phi) is 13.6. The number of rotatable bonds is 16. The van der Waals surface area contributed by atoms with Crippen LogP contribution in [0.2, 0.25) is 0 Å². The van der Waals surface area contributed by atoms with E-state index in [1.807, 2.05) is 30.1 Å². The van der Waals surface area contributed by atoms with Crippen molar-refractivity contribution in [2.75, 3.05) is 46.3 Å². The largest absolute Gasteiger partial charge is 0.346 e. The van der Waals surface area contributed by atoms with Gasteiger partial charge in [0.25, 0.3) is 0 Å². The zero-order valence-corrected chi connectivity index (χ0v) is 27.9. The molecule has 0 unspecified atom stereocenters. The Morgan fingerprint density at radius 1 is 0.689 bits per heavy atom. The third kappa shape index (κ3) is 10.8. The van der Waals surface area contributed by atoms with Crippen LogP contribution in [0.25, 0.3) is 0 Å². The van der Waals surface area contributed by atoms with Gasteiger partial charge in [-0.05, 0) is 106 Å². The van der Waals surface area contributed by atoms with Crippen molar-refractivity contribution < 1.29 is 4.79 Å². The molecule has 0 atom stereocenters. The zero-order valence-electron chi connectivity index (χ0n) is 27.9. The van der Waals surface area contributed by atoms with Gasteiger partial charge in [-0.15, -0.1) is 0 Å². The molecule has 3 aromatic rings. The molecule has 0 bridgehead atoms. The lowest BCUT2D eigenvalue weighted by Crippen LogP contribution is -2.37. The van der Waals surface area contributed by atoms with Crippen LogP contribution >= 0.6 is 0 Å². The predicted molar refractivity (Wildman–Crippen MR) is 188 cm³/mol. The Bertz CT molecular complexity index is 1180. The van der Waals surface area contributed by atoms with Crippen LogP contribution in [0.4, 0.5) is 0 Å². The maximum atomic E-state index is 12.5. The Labute approximate surface area is 273 Å². The average Bonchev–Trinajstić information content (AvgIpc) is 3.10. The summed E-state index contributed by atoms with van der Waals surface area (Å²) in [5, 5.41) is 0. The highest BCUT2D eigenvalue weighted by Crippen LogP contribution is 2.33. The second kappa shape index (κ2) is 18.3. The van der Waals surface area contributed by atoms with Crippen molar-refractivity contribution >= 4 is 5.91 Å². The fourth-order valence-corrected chi connectivity index (χ4v) is 7.65. The maximum absolute atomic E-state index is 12.5. The summed E-state index contributed by atoms with van der Waals surface area (Å²) in [5.74, 6) is 2.04. The van der Waals surface area contributed by atoms with Gasteiger partial charge in [-0.3, -0.25) is 9.69 Å². The molecular weight excluding hydrogens is 550 g/mol. The fourth-order valence-electron chi connectivity index (χ4n) is 7.65. The van der Waals surface area contributed by atoms with Gasteiger partial charge in [0, 0.05) is 20.0 Å². The Morgan fingerprint density at radius 3 is 1.78 bits per heavy atom. The van der Waals surface area contributed by atoms with E-state index >= 15 is 0 Å². The minimum Gasteiger partial charge on any atom is -0.346 e. The fraction of sp³-hybridized carbons (Fsp3) is 0.537. The van der Waals surface area contributed by atoms with E-state index in [4.69, 9.17) is 0 Å². The molecule has 5 rings (SSSR count). The van der Waals surface area contributed by atoms with E-state index in [2.05, 4.69) is 82.6 Å². The Balaban J connectivity index is 0.901. The lowest BCUT2D eigenvalue weighted by atomic mass is 9.88. The molecule has 2 saturated heterocycles. The summed E-state index contributed by atoms with van der Waals surface area (Å²) >= 11 is 0. The molecule has 0 aliphatic carbocycles. The van der Waals surface area contributed by atoms with Gasteiger partial charge in [0.15, 0.2) is 0 Å². The first-order chi connectivity index (χ1) is 22.2. The van der Waals surface area contributed by atoms with Crippen LogP contribution in [0.15, 0.2) is 91.0 Å². The van der Waals surface area contributed by atoms with Gasteiger partial charge in [0.1, 0.15) is 0 Å². The van der Waals surface area contributed by atoms with E-state index in [-0.39, 0.29) is 5.91 Å². The molecule has 0 spiro atoms. The van der Waals surface area contributed by atoms with Crippen LogP contribution in [-0.4, -0.2) is 66.9 Å². The molecule has 2 heterocycles. The first kappa shape index (κ1) is 33.4. The number of unbranched alkanes of at least 4 members (excludes halogenated alkanes) is 2. The molecule has 3 aromatic carbocycles. The van der Waals surface area contributed by atoms with Crippen LogP contribution in [0.3, 0.4) is 0 Å². The van der Waals surface area contributed by atoms with Gasteiger partial charge in [0.2, 0.25) is 5.91 Å². The molecule has 2 fully saturated rings. The van der Waals surface area contributed by atoms with Crippen LogP contribution < -0.4 is 0 Å². The minimum atomic E-state index is 0.275. The number of benzene rings is 3. The van der Waals surface area contributed by atoms with Crippen LogP contribution in [0.5, 0.6) is 0 Å². The van der Waals surface area contributed by atoms with Crippen molar-refractivity contribution in [3.8, 4) is 0 Å². The lowest BCUT2D eigenvalue weighted by Gasteiger charge is -2.38. The predicted octanol–water partition coefficient (Wildman–Crippen LogP) is 8.63. The quantitative estimate of drug-likeness (QED) is 0.153. The Hall–Kier alpha value is -2.95. The van der Waals surface area contributed by atoms with Gasteiger partial charge in [-0.2, -0.15) is 0 Å². The standard InChI is InChI=1S/C41H57N3O/c1-42(40(45)24-23-35-15-5-2-6-16-35)29-13-11-17-36-25-31-43(32-26-36)30-14-12-18-37-27-33-44(34-28-37)41(38-19-7-3-8-20-38)39-21-9-4-10-22-39/h2-10,15-16,19-22,36-37,41H,11-14,17-18,23-34H2,1H3. The highest BCUT2D eigenvalue weighted by Gasteiger charge is 2.27. The molecule has 2 aliphatic heterocycles. The third-order valence-electron chi connectivity index (χ3n) is 10.5. The first-order valence-corrected chi connectivity index (χ1v) is 18.0. The van der Waals surface area contributed by atoms with Crippen molar-refractivity contribution in [2.24, 2.45) is 11.8 Å². The number of hydrogen-bond donors (Lipinski definition) is 0. The number of amides is 1. The molecule has 4 nitrogen and oxygen atoms in total. The second-order valence-electron chi connectivity index (χ2n) is 13.8. The molecule has 0 saturated carbocycles. The number of carbonyl (C=O) groups excluding carboxylic acids is 1. The number of nitrogens with zero attached hydrogens (tertiary/aromatic N) is 3. The van der Waals surface area contributed by atoms with Crippen molar-refractivity contribution in [3.05, 3.63) is 108 Å². The lowest BCUT2D eigenvalue weighted by molar-refractivity contribution is -0.129. The summed E-state index contributed by atoms with van der Waals surface area (Å²) in [6.07, 6.45) is 14.7. The van der Waals surface area contributed by atoms with E-state index in [0.717, 1.165) is 31.2 Å². The molecule has 2 aliphatic rings. The number of hydrogen-bond acceptors (Lipinski definition) is 3. The van der Waals surface area contributed by atoms with Gasteiger partial charge >= 0.3 is 0 Å². The topological polar surface area (TPSA) is 26.8 Å². The van der Waals surface area contributed by atoms with Crippen molar-refractivity contribution in [3.63, 3.8) is 0 Å². The monoisotopic (exact) mass is 607 g/mol. The molecule has 1 amide bonds. The number of piperidine rings is 2. The van der Waals surface area contributed by atoms with Crippen LogP contribution in [0.1, 0.15) is 93.4 Å². The molecule has 0 radical (unpaired) electrons. The zero-order chi connectivity index (χ0) is 31.1. The van der Waals surface area contributed by atoms with E-state index in [0.29, 0.717) is 12.5 Å². The van der Waals surface area contributed by atoms with E-state index < -0.39 is 0 Å². The van der Waals surface area contributed by atoms with Gasteiger partial charge in [0.05, 0.1) is 6.04 Å². The van der Waals surface area contributed by atoms with Gasteiger partial charge < -0.3 is 9.80 Å². The first-order valence-electron chi connectivity index (χ1n) is 18.0. The summed E-state index contributed by atoms with van der Waals surface area (Å²) in [4.78, 5) is 19.9. The molecule has 0 aromatic heterocycles. The number of likely N-dealkylation sites (tertiary alicyclic amines) is 2. The highest BCUT2D eigenvalue weighted by atomic mass is 16.2. The summed E-state index contributed by atoms with van der Waals surface area (Å²) in [7, 11) is 1.97. The highest BCUT2D eigenvalue weighted by molar-refractivity contribution is 5.76. The smallest absolute Gasteiger partial charge is 0.222 e. The molecule has 45 heavy (non-hydrogen) atoms. The van der Waals surface area contributed by atoms with E-state index in [1.54, 1.807) is 0 Å². The van der Waals surface area contributed by atoms with Gasteiger partial charge in [-0.25, -0.2) is 0 Å². The van der Waals surface area contributed by atoms with Gasteiger partial charge in [-0.1, -0.05) is 117 Å². The van der Waals surface area contributed by atoms with Crippen molar-refractivity contribution in [1.82, 2.24) is 14.7 Å².